The van der Waals surface area contributed by atoms with Gasteiger partial charge in [-0.2, -0.15) is 0 Å². The van der Waals surface area contributed by atoms with E-state index >= 15 is 0 Å². The Hall–Kier alpha value is 0.860. The van der Waals surface area contributed by atoms with Crippen LogP contribution in [-0.2, 0) is 56.1 Å². The zero-order chi connectivity index (χ0) is 22.0. The van der Waals surface area contributed by atoms with Crippen LogP contribution in [0.4, 0.5) is 0 Å². The fourth-order valence-corrected chi connectivity index (χ4v) is 5.83. The van der Waals surface area contributed by atoms with E-state index < -0.39 is 56.2 Å². The number of ether oxygens (including phenoxy) is 4. The predicted octanol–water partition coefficient (Wildman–Crippen LogP) is -0.204. The fraction of sp³-hybridized carbons (Fsp3) is 1.00. The number of rotatable bonds is 10. The highest BCUT2D eigenvalue weighted by Gasteiger charge is 2.48. The summed E-state index contributed by atoms with van der Waals surface area (Å²) >= 11 is 9.62. The zero-order valence-corrected chi connectivity index (χ0v) is 19.8. The van der Waals surface area contributed by atoms with Crippen molar-refractivity contribution in [2.45, 2.75) is 62.7 Å². The third-order valence-corrected chi connectivity index (χ3v) is 7.06. The van der Waals surface area contributed by atoms with Crippen molar-refractivity contribution in [2.75, 3.05) is 27.4 Å². The molecular weight excluding hydrogens is 470 g/mol. The maximum atomic E-state index is 10.5. The normalized spacial score (nSPS) is 40.3. The van der Waals surface area contributed by atoms with E-state index in [0.29, 0.717) is 0 Å². The molecule has 2 heterocycles. The third kappa shape index (κ3) is 6.92. The molecule has 0 aromatic heterocycles. The van der Waals surface area contributed by atoms with Crippen molar-refractivity contribution in [3.63, 3.8) is 0 Å². The summed E-state index contributed by atoms with van der Waals surface area (Å²) in [7, 11) is 2.87. The SMILES string of the molecule is COC1[C@H](C)O[C@H](COP(O)(=S)O[C@@H]2C(OC)[C@H](C)O[C@@H]2CO)[C@@H]1OP(O)(O)=S. The summed E-state index contributed by atoms with van der Waals surface area (Å²) in [5, 5.41) is 9.49. The Kier molecular flexibility index (Phi) is 9.59. The van der Waals surface area contributed by atoms with Crippen LogP contribution in [0.1, 0.15) is 13.8 Å². The van der Waals surface area contributed by atoms with Crippen LogP contribution >= 0.6 is 13.4 Å². The molecule has 0 spiro atoms. The van der Waals surface area contributed by atoms with Gasteiger partial charge in [-0.3, -0.25) is 9.05 Å². The molecule has 29 heavy (non-hydrogen) atoms. The molecule has 2 aliphatic rings. The first-order valence-corrected chi connectivity index (χ1v) is 14.0. The standard InChI is InChI=1S/C14H28O11P2S2/c1-7-11(19-3)13(9(5-15)22-7)25-27(18,29)21-6-10-14(24-26(16,17)28)12(20-4)8(2)23-10/h7-15H,5-6H2,1-4H3,(H,18,29)(H2,16,17,28)/t7-,8-,9+,10+,11?,12?,13-,14-,27?/m0/s1. The quantitative estimate of drug-likeness (QED) is 0.295. The summed E-state index contributed by atoms with van der Waals surface area (Å²) in [5.41, 5.74) is 0. The Labute approximate surface area is 179 Å². The Balaban J connectivity index is 2.04. The molecule has 11 nitrogen and oxygen atoms in total. The Morgan fingerprint density at radius 1 is 0.828 bits per heavy atom. The smallest absolute Gasteiger partial charge is 0.325 e. The molecule has 3 unspecified atom stereocenters. The molecule has 2 aliphatic heterocycles. The molecule has 2 rings (SSSR count). The average Bonchev–Trinajstić information content (AvgIpc) is 3.06. The van der Waals surface area contributed by atoms with Crippen LogP contribution in [-0.4, -0.2) is 96.1 Å². The number of aliphatic hydroxyl groups is 1. The molecule has 2 saturated heterocycles. The van der Waals surface area contributed by atoms with Crippen molar-refractivity contribution in [1.29, 1.82) is 0 Å². The number of aliphatic hydroxyl groups excluding tert-OH is 1. The summed E-state index contributed by atoms with van der Waals surface area (Å²) in [6.07, 6.45) is -5.40. The molecule has 15 heteroatoms. The van der Waals surface area contributed by atoms with Crippen LogP contribution in [0.15, 0.2) is 0 Å². The van der Waals surface area contributed by atoms with Crippen LogP contribution < -0.4 is 0 Å². The second-order valence-electron chi connectivity index (χ2n) is 6.74. The monoisotopic (exact) mass is 498 g/mol. The van der Waals surface area contributed by atoms with E-state index in [0.717, 1.165) is 0 Å². The first-order chi connectivity index (χ1) is 13.4. The second kappa shape index (κ2) is 10.7. The van der Waals surface area contributed by atoms with E-state index in [1.54, 1.807) is 13.8 Å². The number of methoxy groups -OCH3 is 2. The first-order valence-electron chi connectivity index (χ1n) is 8.79. The van der Waals surface area contributed by atoms with Crippen molar-refractivity contribution >= 4 is 37.1 Å². The topological polar surface area (TPSA) is 146 Å². The van der Waals surface area contributed by atoms with Gasteiger partial charge in [0, 0.05) is 14.2 Å². The van der Waals surface area contributed by atoms with Crippen LogP contribution in [0.25, 0.3) is 0 Å². The summed E-state index contributed by atoms with van der Waals surface area (Å²) in [5.74, 6) is 0. The summed E-state index contributed by atoms with van der Waals surface area (Å²) in [6.45, 7) is -4.98. The van der Waals surface area contributed by atoms with Gasteiger partial charge in [0.25, 0.3) is 0 Å². The van der Waals surface area contributed by atoms with Gasteiger partial charge in [-0.05, 0) is 37.5 Å². The molecular formula is C14H28O11P2S2. The van der Waals surface area contributed by atoms with Crippen molar-refractivity contribution in [2.24, 2.45) is 0 Å². The Bertz CT molecular complexity index is 635. The van der Waals surface area contributed by atoms with Gasteiger partial charge in [0.05, 0.1) is 25.4 Å². The number of hydrogen-bond donors (Lipinski definition) is 4. The predicted molar refractivity (Wildman–Crippen MR) is 108 cm³/mol. The van der Waals surface area contributed by atoms with Gasteiger partial charge in [0.15, 0.2) is 0 Å². The molecule has 2 fully saturated rings. The largest absolute Gasteiger partial charge is 0.394 e. The second-order valence-corrected chi connectivity index (χ2v) is 12.1. The molecule has 0 amide bonds. The minimum Gasteiger partial charge on any atom is -0.394 e. The van der Waals surface area contributed by atoms with E-state index in [1.807, 2.05) is 0 Å². The lowest BCUT2D eigenvalue weighted by Crippen LogP contribution is -2.38. The van der Waals surface area contributed by atoms with Gasteiger partial charge >= 0.3 is 13.4 Å². The lowest BCUT2D eigenvalue weighted by atomic mass is 10.1. The minimum absolute atomic E-state index is 0.275. The number of hydrogen-bond acceptors (Lipinski definition) is 10. The van der Waals surface area contributed by atoms with Gasteiger partial charge in [-0.1, -0.05) is 0 Å². The van der Waals surface area contributed by atoms with Crippen LogP contribution in [0.2, 0.25) is 0 Å². The molecule has 9 atom stereocenters. The van der Waals surface area contributed by atoms with E-state index in [1.165, 1.54) is 14.2 Å². The highest BCUT2D eigenvalue weighted by atomic mass is 32.5. The Morgan fingerprint density at radius 3 is 1.76 bits per heavy atom. The van der Waals surface area contributed by atoms with Crippen molar-refractivity contribution in [3.8, 4) is 0 Å². The lowest BCUT2D eigenvalue weighted by molar-refractivity contribution is -0.0293. The molecule has 4 N–H and O–H groups in total. The van der Waals surface area contributed by atoms with Gasteiger partial charge in [-0.25, -0.2) is 0 Å². The summed E-state index contributed by atoms with van der Waals surface area (Å²) in [6, 6.07) is 0. The van der Waals surface area contributed by atoms with Gasteiger partial charge in [0.1, 0.15) is 36.6 Å². The van der Waals surface area contributed by atoms with Crippen LogP contribution in [0.5, 0.6) is 0 Å². The maximum absolute atomic E-state index is 10.5. The highest BCUT2D eigenvalue weighted by Crippen LogP contribution is 2.49. The van der Waals surface area contributed by atoms with Crippen molar-refractivity contribution in [1.82, 2.24) is 0 Å². The molecule has 172 valence electrons. The van der Waals surface area contributed by atoms with E-state index in [2.05, 4.69) is 11.8 Å². The van der Waals surface area contributed by atoms with Gasteiger partial charge in [-0.15, -0.1) is 0 Å². The molecule has 0 aliphatic carbocycles. The highest BCUT2D eigenvalue weighted by molar-refractivity contribution is 8.07. The molecule has 0 bridgehead atoms. The third-order valence-electron chi connectivity index (χ3n) is 4.72. The molecule has 0 aromatic rings. The van der Waals surface area contributed by atoms with Gasteiger partial charge < -0.3 is 43.3 Å². The van der Waals surface area contributed by atoms with E-state index in [-0.39, 0.29) is 19.3 Å². The lowest BCUT2D eigenvalue weighted by Gasteiger charge is -2.28. The van der Waals surface area contributed by atoms with Crippen molar-refractivity contribution < 1.29 is 52.3 Å². The summed E-state index contributed by atoms with van der Waals surface area (Å²) < 4.78 is 38.0. The molecule has 0 radical (unpaired) electrons. The zero-order valence-electron chi connectivity index (χ0n) is 16.4. The Morgan fingerprint density at radius 2 is 1.31 bits per heavy atom. The van der Waals surface area contributed by atoms with E-state index in [4.69, 9.17) is 44.3 Å². The maximum Gasteiger partial charge on any atom is 0.325 e. The molecule has 0 saturated carbocycles. The molecule has 0 aromatic carbocycles. The van der Waals surface area contributed by atoms with Crippen LogP contribution in [0, 0.1) is 0 Å². The van der Waals surface area contributed by atoms with Crippen molar-refractivity contribution in [3.05, 3.63) is 0 Å². The van der Waals surface area contributed by atoms with Gasteiger partial charge in [0.2, 0.25) is 0 Å². The fourth-order valence-electron chi connectivity index (χ4n) is 3.52. The van der Waals surface area contributed by atoms with Crippen LogP contribution in [0.3, 0.4) is 0 Å². The van der Waals surface area contributed by atoms with E-state index in [9.17, 15) is 19.8 Å². The summed E-state index contributed by atoms with van der Waals surface area (Å²) in [4.78, 5) is 29.5. The minimum atomic E-state index is -4.00. The first kappa shape index (κ1) is 26.1. The average molecular weight is 498 g/mol.